The van der Waals surface area contributed by atoms with E-state index in [1.807, 2.05) is 6.92 Å². The van der Waals surface area contributed by atoms with Crippen LogP contribution in [0, 0.1) is 12.8 Å². The fourth-order valence-corrected chi connectivity index (χ4v) is 2.68. The van der Waals surface area contributed by atoms with Gasteiger partial charge in [0.25, 0.3) is 0 Å². The lowest BCUT2D eigenvalue weighted by Gasteiger charge is -2.10. The summed E-state index contributed by atoms with van der Waals surface area (Å²) in [6.07, 6.45) is 7.03. The standard InChI is InChI=1S/C16H25NO2S/c1-12(8-9-16(18)19-4)6-5-7-13(2)10-15-11-20-14(3)17-15/h10-12H,5-9H2,1-4H3/b13-10+. The Labute approximate surface area is 126 Å². The second-order valence-electron chi connectivity index (χ2n) is 5.39. The summed E-state index contributed by atoms with van der Waals surface area (Å²) in [5.41, 5.74) is 2.44. The lowest BCUT2D eigenvalue weighted by atomic mass is 9.97. The smallest absolute Gasteiger partial charge is 0.305 e. The Morgan fingerprint density at radius 1 is 1.45 bits per heavy atom. The van der Waals surface area contributed by atoms with Gasteiger partial charge in [0.1, 0.15) is 0 Å². The fourth-order valence-electron chi connectivity index (χ4n) is 2.11. The van der Waals surface area contributed by atoms with Crippen LogP contribution in [0.4, 0.5) is 0 Å². The van der Waals surface area contributed by atoms with Crippen LogP contribution in [0.1, 0.15) is 56.7 Å². The predicted molar refractivity (Wildman–Crippen MR) is 84.8 cm³/mol. The topological polar surface area (TPSA) is 39.2 Å². The Kier molecular flexibility index (Phi) is 7.52. The first kappa shape index (κ1) is 16.9. The zero-order valence-corrected chi connectivity index (χ0v) is 13.8. The van der Waals surface area contributed by atoms with Crippen LogP contribution in [-0.2, 0) is 9.53 Å². The lowest BCUT2D eigenvalue weighted by molar-refractivity contribution is -0.140. The molecule has 3 nitrogen and oxygen atoms in total. The van der Waals surface area contributed by atoms with Crippen LogP contribution in [0.25, 0.3) is 6.08 Å². The Hall–Kier alpha value is -1.16. The molecule has 0 aliphatic rings. The van der Waals surface area contributed by atoms with Gasteiger partial charge in [-0.15, -0.1) is 11.3 Å². The largest absolute Gasteiger partial charge is 0.469 e. The second-order valence-corrected chi connectivity index (χ2v) is 6.46. The highest BCUT2D eigenvalue weighted by molar-refractivity contribution is 7.09. The summed E-state index contributed by atoms with van der Waals surface area (Å²) in [6.45, 7) is 6.39. The number of methoxy groups -OCH3 is 1. The number of ether oxygens (including phenoxy) is 1. The van der Waals surface area contributed by atoms with E-state index in [1.54, 1.807) is 11.3 Å². The van der Waals surface area contributed by atoms with Gasteiger partial charge in [-0.3, -0.25) is 4.79 Å². The number of thiazole rings is 1. The number of hydrogen-bond donors (Lipinski definition) is 0. The molecule has 1 aromatic heterocycles. The number of nitrogens with zero attached hydrogens (tertiary/aromatic N) is 1. The summed E-state index contributed by atoms with van der Waals surface area (Å²) < 4.78 is 4.66. The Balaban J connectivity index is 2.22. The van der Waals surface area contributed by atoms with Crippen LogP contribution in [0.5, 0.6) is 0 Å². The van der Waals surface area contributed by atoms with Crippen molar-refractivity contribution in [3.63, 3.8) is 0 Å². The van der Waals surface area contributed by atoms with E-state index in [2.05, 4.69) is 35.0 Å². The molecule has 4 heteroatoms. The molecule has 1 atom stereocenters. The van der Waals surface area contributed by atoms with E-state index >= 15 is 0 Å². The van der Waals surface area contributed by atoms with Gasteiger partial charge in [0.05, 0.1) is 17.8 Å². The Bertz CT molecular complexity index is 451. The normalized spacial score (nSPS) is 13.3. The number of esters is 1. The van der Waals surface area contributed by atoms with E-state index in [0.29, 0.717) is 12.3 Å². The molecule has 0 aromatic carbocycles. The molecule has 1 rings (SSSR count). The summed E-state index contributed by atoms with van der Waals surface area (Å²) in [6, 6.07) is 0. The molecule has 0 aliphatic heterocycles. The number of carbonyl (C=O) groups is 1. The van der Waals surface area contributed by atoms with E-state index in [-0.39, 0.29) is 5.97 Å². The maximum atomic E-state index is 11.1. The SMILES string of the molecule is COC(=O)CCC(C)CCC/C(C)=C/c1csc(C)n1. The van der Waals surface area contributed by atoms with Crippen molar-refractivity contribution in [3.05, 3.63) is 21.7 Å². The van der Waals surface area contributed by atoms with Crippen LogP contribution >= 0.6 is 11.3 Å². The molecule has 1 unspecified atom stereocenters. The van der Waals surface area contributed by atoms with Crippen LogP contribution < -0.4 is 0 Å². The number of carbonyl (C=O) groups excluding carboxylic acids is 1. The van der Waals surface area contributed by atoms with Crippen LogP contribution in [-0.4, -0.2) is 18.1 Å². The van der Waals surface area contributed by atoms with Crippen molar-refractivity contribution in [2.45, 2.75) is 52.9 Å². The van der Waals surface area contributed by atoms with E-state index in [9.17, 15) is 4.79 Å². The monoisotopic (exact) mass is 295 g/mol. The van der Waals surface area contributed by atoms with Gasteiger partial charge in [-0.1, -0.05) is 18.9 Å². The predicted octanol–water partition coefficient (Wildman–Crippen LogP) is 4.61. The van der Waals surface area contributed by atoms with E-state index in [1.165, 1.54) is 12.7 Å². The van der Waals surface area contributed by atoms with Crippen molar-refractivity contribution in [1.82, 2.24) is 4.98 Å². The van der Waals surface area contributed by atoms with E-state index < -0.39 is 0 Å². The molecule has 0 bridgehead atoms. The highest BCUT2D eigenvalue weighted by atomic mass is 32.1. The molecule has 0 spiro atoms. The van der Waals surface area contributed by atoms with Gasteiger partial charge in [-0.05, 0) is 45.1 Å². The highest BCUT2D eigenvalue weighted by Crippen LogP contribution is 2.19. The van der Waals surface area contributed by atoms with Crippen LogP contribution in [0.2, 0.25) is 0 Å². The maximum absolute atomic E-state index is 11.1. The number of aromatic nitrogens is 1. The number of aryl methyl sites for hydroxylation is 1. The second kappa shape index (κ2) is 8.90. The first-order chi connectivity index (χ1) is 9.51. The van der Waals surface area contributed by atoms with Gasteiger partial charge in [0, 0.05) is 11.8 Å². The summed E-state index contributed by atoms with van der Waals surface area (Å²) in [7, 11) is 1.45. The first-order valence-electron chi connectivity index (χ1n) is 7.17. The van der Waals surface area contributed by atoms with Gasteiger partial charge in [-0.2, -0.15) is 0 Å². The quantitative estimate of drug-likeness (QED) is 0.657. The third-order valence-electron chi connectivity index (χ3n) is 3.37. The lowest BCUT2D eigenvalue weighted by Crippen LogP contribution is -2.04. The molecule has 0 N–H and O–H groups in total. The molecule has 20 heavy (non-hydrogen) atoms. The van der Waals surface area contributed by atoms with Crippen LogP contribution in [0.3, 0.4) is 0 Å². The van der Waals surface area contributed by atoms with Crippen molar-refractivity contribution < 1.29 is 9.53 Å². The van der Waals surface area contributed by atoms with E-state index in [4.69, 9.17) is 0 Å². The summed E-state index contributed by atoms with van der Waals surface area (Å²) >= 11 is 1.69. The minimum absolute atomic E-state index is 0.105. The summed E-state index contributed by atoms with van der Waals surface area (Å²) in [5.74, 6) is 0.468. The molecule has 112 valence electrons. The Morgan fingerprint density at radius 2 is 2.20 bits per heavy atom. The van der Waals surface area contributed by atoms with Gasteiger partial charge in [-0.25, -0.2) is 4.98 Å². The minimum atomic E-state index is -0.105. The maximum Gasteiger partial charge on any atom is 0.305 e. The van der Waals surface area contributed by atoms with Crippen molar-refractivity contribution in [1.29, 1.82) is 0 Å². The van der Waals surface area contributed by atoms with Gasteiger partial charge < -0.3 is 4.74 Å². The van der Waals surface area contributed by atoms with Crippen LogP contribution in [0.15, 0.2) is 11.0 Å². The summed E-state index contributed by atoms with van der Waals surface area (Å²) in [5, 5.41) is 3.21. The molecule has 1 heterocycles. The number of rotatable bonds is 8. The van der Waals surface area contributed by atoms with Gasteiger partial charge in [0.2, 0.25) is 0 Å². The fraction of sp³-hybridized carbons (Fsp3) is 0.625. The number of hydrogen-bond acceptors (Lipinski definition) is 4. The third kappa shape index (κ3) is 6.85. The van der Waals surface area contributed by atoms with Crippen molar-refractivity contribution in [2.75, 3.05) is 7.11 Å². The molecular formula is C16H25NO2S. The molecule has 0 fully saturated rings. The zero-order chi connectivity index (χ0) is 15.0. The molecule has 0 aliphatic carbocycles. The zero-order valence-electron chi connectivity index (χ0n) is 12.9. The molecule has 0 saturated carbocycles. The van der Waals surface area contributed by atoms with Crippen molar-refractivity contribution in [3.8, 4) is 0 Å². The average Bonchev–Trinajstić information content (AvgIpc) is 2.81. The number of allylic oxidation sites excluding steroid dienone is 1. The minimum Gasteiger partial charge on any atom is -0.469 e. The van der Waals surface area contributed by atoms with Crippen molar-refractivity contribution in [2.24, 2.45) is 5.92 Å². The Morgan fingerprint density at radius 3 is 2.80 bits per heavy atom. The third-order valence-corrected chi connectivity index (χ3v) is 4.16. The first-order valence-corrected chi connectivity index (χ1v) is 8.05. The summed E-state index contributed by atoms with van der Waals surface area (Å²) in [4.78, 5) is 15.5. The highest BCUT2D eigenvalue weighted by Gasteiger charge is 2.06. The van der Waals surface area contributed by atoms with Gasteiger partial charge >= 0.3 is 5.97 Å². The van der Waals surface area contributed by atoms with E-state index in [0.717, 1.165) is 36.4 Å². The molecule has 1 aromatic rings. The molecular weight excluding hydrogens is 270 g/mol. The van der Waals surface area contributed by atoms with Crippen molar-refractivity contribution >= 4 is 23.4 Å². The average molecular weight is 295 g/mol. The molecule has 0 saturated heterocycles. The molecule has 0 amide bonds. The molecule has 0 radical (unpaired) electrons. The van der Waals surface area contributed by atoms with Gasteiger partial charge in [0.15, 0.2) is 0 Å².